The third kappa shape index (κ3) is 2.53. The minimum absolute atomic E-state index is 0.517. The summed E-state index contributed by atoms with van der Waals surface area (Å²) in [5, 5.41) is 0. The molecule has 0 saturated carbocycles. The monoisotopic (exact) mass is 378 g/mol. The van der Waals surface area contributed by atoms with Crippen LogP contribution in [0.4, 0.5) is 0 Å². The summed E-state index contributed by atoms with van der Waals surface area (Å²) >= 11 is 4.76. The lowest BCUT2D eigenvalue weighted by Crippen LogP contribution is -2.48. The Morgan fingerprint density at radius 1 is 1.36 bits per heavy atom. The predicted octanol–water partition coefficient (Wildman–Crippen LogP) is 2.25. The summed E-state index contributed by atoms with van der Waals surface area (Å²) in [4.78, 5) is 0. The quantitative estimate of drug-likeness (QED) is 0.393. The third-order valence-corrected chi connectivity index (χ3v) is 4.36. The Labute approximate surface area is 96.0 Å². The van der Waals surface area contributed by atoms with Crippen molar-refractivity contribution in [2.24, 2.45) is 0 Å². The molecule has 0 aromatic carbocycles. The van der Waals surface area contributed by atoms with E-state index in [1.807, 2.05) is 6.08 Å². The highest BCUT2D eigenvalue weighted by molar-refractivity contribution is 14.1. The predicted molar refractivity (Wildman–Crippen MR) is 64.9 cm³/mol. The van der Waals surface area contributed by atoms with Crippen molar-refractivity contribution >= 4 is 45.7 Å². The van der Waals surface area contributed by atoms with Crippen LogP contribution in [0.2, 0.25) is 0 Å². The summed E-state index contributed by atoms with van der Waals surface area (Å²) in [7, 11) is 0. The number of halogens is 2. The summed E-state index contributed by atoms with van der Waals surface area (Å²) in [6, 6.07) is 1.17. The molecule has 1 saturated heterocycles. The molecular formula is C7H12I2N2. The van der Waals surface area contributed by atoms with Crippen molar-refractivity contribution in [1.29, 1.82) is 0 Å². The minimum atomic E-state index is 0.517. The zero-order valence-electron chi connectivity index (χ0n) is 6.50. The molecule has 1 aliphatic heterocycles. The third-order valence-electron chi connectivity index (χ3n) is 1.91. The Morgan fingerprint density at radius 3 is 2.55 bits per heavy atom. The number of nitrogens with zero attached hydrogens (tertiary/aromatic N) is 2. The van der Waals surface area contributed by atoms with Gasteiger partial charge >= 0.3 is 0 Å². The van der Waals surface area contributed by atoms with Crippen LogP contribution >= 0.6 is 45.7 Å². The Bertz CT molecular complexity index is 151. The van der Waals surface area contributed by atoms with Crippen LogP contribution in [0.25, 0.3) is 0 Å². The molecule has 0 amide bonds. The van der Waals surface area contributed by atoms with Gasteiger partial charge in [0.15, 0.2) is 0 Å². The van der Waals surface area contributed by atoms with Crippen LogP contribution in [0.15, 0.2) is 12.7 Å². The van der Waals surface area contributed by atoms with E-state index in [-0.39, 0.29) is 0 Å². The number of rotatable bonds is 1. The molecule has 1 aliphatic rings. The minimum Gasteiger partial charge on any atom is -0.242 e. The number of hydrogen-bond acceptors (Lipinski definition) is 2. The van der Waals surface area contributed by atoms with E-state index in [1.165, 1.54) is 0 Å². The van der Waals surface area contributed by atoms with Crippen LogP contribution in [-0.4, -0.2) is 31.4 Å². The van der Waals surface area contributed by atoms with Gasteiger partial charge in [0.2, 0.25) is 0 Å². The molecular weight excluding hydrogens is 366 g/mol. The van der Waals surface area contributed by atoms with E-state index in [2.05, 4.69) is 65.5 Å². The van der Waals surface area contributed by atoms with Crippen molar-refractivity contribution in [3.05, 3.63) is 12.7 Å². The second-order valence-electron chi connectivity index (χ2n) is 2.82. The summed E-state index contributed by atoms with van der Waals surface area (Å²) < 4.78 is 4.67. The maximum absolute atomic E-state index is 3.82. The molecule has 2 nitrogen and oxygen atoms in total. The van der Waals surface area contributed by atoms with Gasteiger partial charge in [0, 0.05) is 64.9 Å². The molecule has 2 atom stereocenters. The van der Waals surface area contributed by atoms with E-state index >= 15 is 0 Å². The summed E-state index contributed by atoms with van der Waals surface area (Å²) in [5.41, 5.74) is 0. The van der Waals surface area contributed by atoms with E-state index in [4.69, 9.17) is 0 Å². The highest BCUT2D eigenvalue weighted by atomic mass is 127. The van der Waals surface area contributed by atoms with Gasteiger partial charge < -0.3 is 0 Å². The van der Waals surface area contributed by atoms with Crippen molar-refractivity contribution in [3.8, 4) is 0 Å². The molecule has 4 heteroatoms. The molecule has 0 unspecified atom stereocenters. The van der Waals surface area contributed by atoms with Crippen molar-refractivity contribution in [2.75, 3.05) is 13.1 Å². The lowest BCUT2D eigenvalue weighted by Gasteiger charge is -2.37. The van der Waals surface area contributed by atoms with Gasteiger partial charge in [-0.1, -0.05) is 6.08 Å². The van der Waals surface area contributed by atoms with Crippen LogP contribution in [0, 0.1) is 0 Å². The fourth-order valence-electron chi connectivity index (χ4n) is 1.11. The average molecular weight is 378 g/mol. The molecule has 0 N–H and O–H groups in total. The van der Waals surface area contributed by atoms with E-state index in [0.717, 1.165) is 13.1 Å². The molecule has 0 bridgehead atoms. The molecule has 0 aromatic heterocycles. The van der Waals surface area contributed by atoms with Gasteiger partial charge in [0.1, 0.15) is 0 Å². The van der Waals surface area contributed by atoms with Crippen molar-refractivity contribution in [2.45, 2.75) is 19.0 Å². The van der Waals surface area contributed by atoms with E-state index in [1.54, 1.807) is 0 Å². The smallest absolute Gasteiger partial charge is 0.0507 e. The Balaban J connectivity index is 2.54. The Hall–Kier alpha value is 1.12. The highest BCUT2D eigenvalue weighted by Gasteiger charge is 2.26. The van der Waals surface area contributed by atoms with Crippen LogP contribution in [-0.2, 0) is 0 Å². The fraction of sp³-hybridized carbons (Fsp3) is 0.714. The van der Waals surface area contributed by atoms with E-state index in [9.17, 15) is 0 Å². The molecule has 0 aromatic rings. The lowest BCUT2D eigenvalue weighted by molar-refractivity contribution is 0.235. The van der Waals surface area contributed by atoms with E-state index < -0.39 is 0 Å². The van der Waals surface area contributed by atoms with Crippen molar-refractivity contribution < 1.29 is 0 Å². The van der Waals surface area contributed by atoms with Crippen molar-refractivity contribution in [3.63, 3.8) is 0 Å². The average Bonchev–Trinajstić information content (AvgIpc) is 1.97. The maximum atomic E-state index is 3.82. The van der Waals surface area contributed by atoms with Crippen LogP contribution < -0.4 is 0 Å². The zero-order chi connectivity index (χ0) is 8.43. The van der Waals surface area contributed by atoms with Crippen LogP contribution in [0.1, 0.15) is 6.92 Å². The topological polar surface area (TPSA) is 6.48 Å². The first-order valence-electron chi connectivity index (χ1n) is 3.62. The molecule has 1 fully saturated rings. The molecule has 0 spiro atoms. The highest BCUT2D eigenvalue weighted by Crippen LogP contribution is 2.21. The van der Waals surface area contributed by atoms with Crippen LogP contribution in [0.5, 0.6) is 0 Å². The maximum Gasteiger partial charge on any atom is 0.0507 e. The summed E-state index contributed by atoms with van der Waals surface area (Å²) in [6.45, 7) is 8.28. The number of hydrogen-bond donors (Lipinski definition) is 0. The molecule has 11 heavy (non-hydrogen) atoms. The molecule has 64 valence electrons. The summed E-state index contributed by atoms with van der Waals surface area (Å²) in [6.07, 6.45) is 2.02. The van der Waals surface area contributed by atoms with Gasteiger partial charge in [0.05, 0.1) is 6.04 Å². The largest absolute Gasteiger partial charge is 0.242 e. The van der Waals surface area contributed by atoms with Gasteiger partial charge in [-0.2, -0.15) is 0 Å². The fourth-order valence-corrected chi connectivity index (χ4v) is 2.67. The second-order valence-corrected chi connectivity index (χ2v) is 5.30. The number of piperazine rings is 1. The normalized spacial score (nSPS) is 35.5. The first-order chi connectivity index (χ1) is 5.15. The Kier molecular flexibility index (Phi) is 4.06. The molecule has 1 rings (SSSR count). The SMILES string of the molecule is C=C[C@@H]1CN(I)[C@@H](C)CN1I. The zero-order valence-corrected chi connectivity index (χ0v) is 10.8. The Morgan fingerprint density at radius 2 is 2.00 bits per heavy atom. The molecule has 0 radical (unpaired) electrons. The molecule has 1 heterocycles. The first-order valence-corrected chi connectivity index (χ1v) is 5.55. The van der Waals surface area contributed by atoms with E-state index in [0.29, 0.717) is 12.1 Å². The standard InChI is InChI=1S/C7H12I2N2/c1-3-7-5-10(8)6(2)4-11(7)9/h3,6-7H,1,4-5H2,2H3/t6-,7+/m0/s1. The van der Waals surface area contributed by atoms with Gasteiger partial charge in [-0.25, -0.2) is 6.23 Å². The van der Waals surface area contributed by atoms with Crippen LogP contribution in [0.3, 0.4) is 0 Å². The van der Waals surface area contributed by atoms with Gasteiger partial charge in [-0.15, -0.1) is 6.58 Å². The molecule has 0 aliphatic carbocycles. The van der Waals surface area contributed by atoms with Crippen molar-refractivity contribution in [1.82, 2.24) is 6.23 Å². The van der Waals surface area contributed by atoms with Gasteiger partial charge in [0.25, 0.3) is 0 Å². The summed E-state index contributed by atoms with van der Waals surface area (Å²) in [5.74, 6) is 0. The lowest BCUT2D eigenvalue weighted by atomic mass is 10.2. The first kappa shape index (κ1) is 10.2. The van der Waals surface area contributed by atoms with Gasteiger partial charge in [-0.05, 0) is 6.92 Å². The van der Waals surface area contributed by atoms with Gasteiger partial charge in [-0.3, -0.25) is 0 Å². The second kappa shape index (κ2) is 4.38.